The molecule has 0 rings (SSSR count). The lowest BCUT2D eigenvalue weighted by Gasteiger charge is -2.16. The number of hydrogen-bond donors (Lipinski definition) is 0. The summed E-state index contributed by atoms with van der Waals surface area (Å²) in [5, 5.41) is 5.69. The van der Waals surface area contributed by atoms with Gasteiger partial charge in [-0.25, -0.2) is 5.32 Å². The Kier molecular flexibility index (Phi) is 11.6. The van der Waals surface area contributed by atoms with Gasteiger partial charge in [-0.05, 0) is 38.2 Å². The molecule has 1 radical (unpaired) electrons. The number of rotatable bonds is 10. The summed E-state index contributed by atoms with van der Waals surface area (Å²) in [5.74, 6) is 2.51. The Morgan fingerprint density at radius 2 is 1.27 bits per heavy atom. The molecule has 0 aliphatic rings. The molecular formula is C12H26NS2. The molecule has 0 aliphatic heterocycles. The maximum atomic E-state index is 4.75. The Balaban J connectivity index is 3.35. The van der Waals surface area contributed by atoms with Crippen LogP contribution in [0.1, 0.15) is 53.4 Å². The first-order valence-electron chi connectivity index (χ1n) is 6.13. The van der Waals surface area contributed by atoms with Gasteiger partial charge in [0.25, 0.3) is 0 Å². The highest BCUT2D eigenvalue weighted by Gasteiger charge is 2.08. The molecule has 0 saturated carbocycles. The highest BCUT2D eigenvalue weighted by atomic mass is 32.2. The molecule has 0 aromatic heterocycles. The van der Waals surface area contributed by atoms with Crippen molar-refractivity contribution >= 4 is 23.5 Å². The second kappa shape index (κ2) is 11.2. The number of unbranched alkanes of at least 4 members (excludes halogenated alkanes) is 2. The van der Waals surface area contributed by atoms with Gasteiger partial charge in [-0.1, -0.05) is 26.7 Å². The molecule has 0 aromatic carbocycles. The van der Waals surface area contributed by atoms with E-state index in [-0.39, 0.29) is 0 Å². The van der Waals surface area contributed by atoms with Gasteiger partial charge in [-0.3, -0.25) is 0 Å². The molecule has 3 heteroatoms. The Morgan fingerprint density at radius 3 is 1.60 bits per heavy atom. The van der Waals surface area contributed by atoms with Crippen molar-refractivity contribution in [3.05, 3.63) is 0 Å². The fourth-order valence-corrected chi connectivity index (χ4v) is 3.39. The van der Waals surface area contributed by atoms with Crippen LogP contribution in [0.3, 0.4) is 0 Å². The standard InChI is InChI=1S/C12H26NS2/c1-5-7-9-14-11(3)13-12(4)15-10-8-6-2/h11-12H,5-10H2,1-4H3. The van der Waals surface area contributed by atoms with Gasteiger partial charge < -0.3 is 0 Å². The molecule has 0 amide bonds. The smallest absolute Gasteiger partial charge is 0.0683 e. The largest absolute Gasteiger partial charge is 0.214 e. The Morgan fingerprint density at radius 1 is 0.867 bits per heavy atom. The van der Waals surface area contributed by atoms with Gasteiger partial charge in [0.15, 0.2) is 0 Å². The molecule has 0 bridgehead atoms. The zero-order valence-electron chi connectivity index (χ0n) is 10.7. The van der Waals surface area contributed by atoms with Crippen LogP contribution in [0.4, 0.5) is 0 Å². The van der Waals surface area contributed by atoms with Crippen LogP contribution in [0, 0.1) is 0 Å². The van der Waals surface area contributed by atoms with E-state index < -0.39 is 0 Å². The summed E-state index contributed by atoms with van der Waals surface area (Å²) >= 11 is 3.98. The van der Waals surface area contributed by atoms with Crippen molar-refractivity contribution in [3.63, 3.8) is 0 Å². The third kappa shape index (κ3) is 10.9. The summed E-state index contributed by atoms with van der Waals surface area (Å²) in [5.41, 5.74) is 0. The summed E-state index contributed by atoms with van der Waals surface area (Å²) in [6, 6.07) is 0. The van der Waals surface area contributed by atoms with Gasteiger partial charge in [-0.15, -0.1) is 23.5 Å². The molecule has 0 spiro atoms. The molecule has 1 nitrogen and oxygen atoms in total. The fraction of sp³-hybridized carbons (Fsp3) is 1.00. The summed E-state index contributed by atoms with van der Waals surface area (Å²) < 4.78 is 0. The van der Waals surface area contributed by atoms with E-state index in [9.17, 15) is 0 Å². The minimum absolute atomic E-state index is 0.473. The highest BCUT2D eigenvalue weighted by Crippen LogP contribution is 2.17. The number of nitrogens with zero attached hydrogens (tertiary/aromatic N) is 1. The molecule has 91 valence electrons. The van der Waals surface area contributed by atoms with Crippen LogP contribution in [-0.2, 0) is 0 Å². The second-order valence-corrected chi connectivity index (χ2v) is 6.64. The van der Waals surface area contributed by atoms with E-state index in [1.807, 2.05) is 23.5 Å². The van der Waals surface area contributed by atoms with Crippen LogP contribution >= 0.6 is 23.5 Å². The van der Waals surface area contributed by atoms with Crippen LogP contribution in [-0.4, -0.2) is 22.3 Å². The van der Waals surface area contributed by atoms with E-state index in [1.54, 1.807) is 0 Å². The average Bonchev–Trinajstić information content (AvgIpc) is 2.18. The van der Waals surface area contributed by atoms with Crippen LogP contribution in [0.2, 0.25) is 0 Å². The zero-order chi connectivity index (χ0) is 11.5. The fourth-order valence-electron chi connectivity index (χ4n) is 1.18. The predicted molar refractivity (Wildman–Crippen MR) is 75.8 cm³/mol. The van der Waals surface area contributed by atoms with E-state index in [4.69, 9.17) is 5.32 Å². The number of hydrogen-bond acceptors (Lipinski definition) is 2. The van der Waals surface area contributed by atoms with Crippen molar-refractivity contribution in [3.8, 4) is 0 Å². The molecule has 0 aliphatic carbocycles. The topological polar surface area (TPSA) is 14.1 Å². The van der Waals surface area contributed by atoms with Crippen LogP contribution in [0.5, 0.6) is 0 Å². The van der Waals surface area contributed by atoms with Gasteiger partial charge >= 0.3 is 0 Å². The van der Waals surface area contributed by atoms with Crippen molar-refractivity contribution < 1.29 is 0 Å². The summed E-state index contributed by atoms with van der Waals surface area (Å²) in [6.45, 7) is 8.92. The monoisotopic (exact) mass is 248 g/mol. The molecule has 2 unspecified atom stereocenters. The first-order chi connectivity index (χ1) is 7.20. The first kappa shape index (κ1) is 15.7. The van der Waals surface area contributed by atoms with Crippen molar-refractivity contribution in [2.45, 2.75) is 64.1 Å². The summed E-state index contributed by atoms with van der Waals surface area (Å²) in [7, 11) is 0. The molecule has 0 heterocycles. The van der Waals surface area contributed by atoms with Gasteiger partial charge in [0.2, 0.25) is 0 Å². The number of thioether (sulfide) groups is 2. The Labute approximate surface area is 105 Å². The van der Waals surface area contributed by atoms with Crippen LogP contribution in [0.15, 0.2) is 0 Å². The minimum Gasteiger partial charge on any atom is -0.214 e. The third-order valence-electron chi connectivity index (χ3n) is 2.13. The molecule has 15 heavy (non-hydrogen) atoms. The molecule has 0 aromatic rings. The third-order valence-corrected chi connectivity index (χ3v) is 4.39. The SMILES string of the molecule is CCCCSC(C)[N]C(C)SCCCC. The van der Waals surface area contributed by atoms with Crippen molar-refractivity contribution in [2.75, 3.05) is 11.5 Å². The van der Waals surface area contributed by atoms with Crippen molar-refractivity contribution in [1.29, 1.82) is 0 Å². The lowest BCUT2D eigenvalue weighted by atomic mass is 10.4. The quantitative estimate of drug-likeness (QED) is 0.534. The lowest BCUT2D eigenvalue weighted by molar-refractivity contribution is 0.664. The summed E-state index contributed by atoms with van der Waals surface area (Å²) in [6.07, 6.45) is 5.23. The highest BCUT2D eigenvalue weighted by molar-refractivity contribution is 8.00. The van der Waals surface area contributed by atoms with Gasteiger partial charge in [0.05, 0.1) is 10.7 Å². The zero-order valence-corrected chi connectivity index (χ0v) is 12.3. The first-order valence-corrected chi connectivity index (χ1v) is 8.23. The van der Waals surface area contributed by atoms with Gasteiger partial charge in [0, 0.05) is 0 Å². The second-order valence-electron chi connectivity index (χ2n) is 3.80. The Hall–Kier alpha value is 0.660. The van der Waals surface area contributed by atoms with E-state index >= 15 is 0 Å². The van der Waals surface area contributed by atoms with E-state index in [1.165, 1.54) is 37.2 Å². The molecule has 0 fully saturated rings. The Bertz CT molecular complexity index is 117. The van der Waals surface area contributed by atoms with E-state index in [2.05, 4.69) is 27.7 Å². The average molecular weight is 248 g/mol. The van der Waals surface area contributed by atoms with Crippen molar-refractivity contribution in [2.24, 2.45) is 0 Å². The maximum Gasteiger partial charge on any atom is 0.0683 e. The van der Waals surface area contributed by atoms with Crippen LogP contribution in [0.25, 0.3) is 0 Å². The van der Waals surface area contributed by atoms with Crippen LogP contribution < -0.4 is 5.32 Å². The molecule has 0 N–H and O–H groups in total. The molecular weight excluding hydrogens is 222 g/mol. The van der Waals surface area contributed by atoms with E-state index in [0.717, 1.165) is 0 Å². The normalized spacial score (nSPS) is 15.2. The summed E-state index contributed by atoms with van der Waals surface area (Å²) in [4.78, 5) is 0. The maximum absolute atomic E-state index is 4.75. The minimum atomic E-state index is 0.473. The van der Waals surface area contributed by atoms with Gasteiger partial charge in [-0.2, -0.15) is 0 Å². The molecule has 2 atom stereocenters. The predicted octanol–water partition coefficient (Wildman–Crippen LogP) is 4.35. The van der Waals surface area contributed by atoms with Gasteiger partial charge in [0.1, 0.15) is 0 Å². The molecule has 0 saturated heterocycles. The van der Waals surface area contributed by atoms with Crippen molar-refractivity contribution in [1.82, 2.24) is 5.32 Å². The van der Waals surface area contributed by atoms with E-state index in [0.29, 0.717) is 10.7 Å². The lowest BCUT2D eigenvalue weighted by Crippen LogP contribution is -2.23.